The van der Waals surface area contributed by atoms with E-state index in [0.29, 0.717) is 24.5 Å². The zero-order valence-electron chi connectivity index (χ0n) is 15.8. The van der Waals surface area contributed by atoms with Crippen LogP contribution in [-0.4, -0.2) is 29.0 Å². The van der Waals surface area contributed by atoms with Crippen molar-refractivity contribution in [3.63, 3.8) is 0 Å². The number of hydrogen-bond acceptors (Lipinski definition) is 4. The molecule has 0 unspecified atom stereocenters. The first-order valence-corrected chi connectivity index (χ1v) is 10.4. The van der Waals surface area contributed by atoms with Crippen LogP contribution in [0.25, 0.3) is 11.0 Å². The molecule has 4 rings (SSSR count). The van der Waals surface area contributed by atoms with Crippen molar-refractivity contribution in [2.45, 2.75) is 10.9 Å². The van der Waals surface area contributed by atoms with E-state index in [-0.39, 0.29) is 5.91 Å². The number of carbonyl (C=O) groups excluding carboxylic acids is 1. The lowest BCUT2D eigenvalue weighted by Crippen LogP contribution is -2.28. The zero-order valence-corrected chi connectivity index (χ0v) is 16.6. The van der Waals surface area contributed by atoms with Gasteiger partial charge < -0.3 is 15.0 Å². The highest BCUT2D eigenvalue weighted by Crippen LogP contribution is 2.24. The summed E-state index contributed by atoms with van der Waals surface area (Å²) in [6, 6.07) is 25.2. The lowest BCUT2D eigenvalue weighted by atomic mass is 10.1. The first-order valence-electron chi connectivity index (χ1n) is 9.41. The summed E-state index contributed by atoms with van der Waals surface area (Å²) in [4.78, 5) is 20.5. The second-order valence-corrected chi connectivity index (χ2v) is 7.39. The van der Waals surface area contributed by atoms with Gasteiger partial charge in [-0.05, 0) is 35.9 Å². The third kappa shape index (κ3) is 4.97. The number of aromatic nitrogens is 2. The lowest BCUT2D eigenvalue weighted by Gasteiger charge is -2.10. The number of carbonyl (C=O) groups is 1. The van der Waals surface area contributed by atoms with Gasteiger partial charge >= 0.3 is 0 Å². The Morgan fingerprint density at radius 2 is 1.72 bits per heavy atom. The van der Waals surface area contributed by atoms with Crippen LogP contribution in [0.15, 0.2) is 84.0 Å². The Bertz CT molecular complexity index is 1060. The van der Waals surface area contributed by atoms with E-state index in [1.807, 2.05) is 78.9 Å². The monoisotopic (exact) mass is 403 g/mol. The number of fused-ring (bicyclic) bond motifs is 1. The van der Waals surface area contributed by atoms with Crippen LogP contribution in [0.2, 0.25) is 0 Å². The van der Waals surface area contributed by atoms with E-state index in [9.17, 15) is 4.79 Å². The largest absolute Gasteiger partial charge is 0.492 e. The number of nitrogens with one attached hydrogen (secondary N) is 2. The average Bonchev–Trinajstić information content (AvgIpc) is 3.19. The van der Waals surface area contributed by atoms with E-state index in [2.05, 4.69) is 15.3 Å². The van der Waals surface area contributed by atoms with Gasteiger partial charge in [-0.25, -0.2) is 4.98 Å². The molecule has 1 aromatic heterocycles. The summed E-state index contributed by atoms with van der Waals surface area (Å²) in [7, 11) is 0. The molecule has 0 atom stereocenters. The highest BCUT2D eigenvalue weighted by Gasteiger charge is 2.12. The first-order chi connectivity index (χ1) is 14.3. The van der Waals surface area contributed by atoms with E-state index in [0.717, 1.165) is 27.5 Å². The van der Waals surface area contributed by atoms with Crippen molar-refractivity contribution >= 4 is 28.7 Å². The molecule has 3 aromatic carbocycles. The van der Waals surface area contributed by atoms with Crippen LogP contribution in [0.4, 0.5) is 0 Å². The van der Waals surface area contributed by atoms with Crippen LogP contribution < -0.4 is 10.1 Å². The Hall–Kier alpha value is -3.25. The van der Waals surface area contributed by atoms with Gasteiger partial charge in [-0.15, -0.1) is 0 Å². The highest BCUT2D eigenvalue weighted by atomic mass is 32.2. The standard InChI is InChI=1S/C23H21N3O2S/c27-22(24-14-15-28-18-9-2-1-3-10-18)19-11-5-4-8-17(19)16-29-23-25-20-12-6-7-13-21(20)26-23/h1-13H,14-16H2,(H,24,27)(H,25,26). The molecule has 4 aromatic rings. The Morgan fingerprint density at radius 1 is 0.966 bits per heavy atom. The number of thioether (sulfide) groups is 1. The molecule has 1 heterocycles. The predicted octanol–water partition coefficient (Wildman–Crippen LogP) is 4.66. The van der Waals surface area contributed by atoms with Gasteiger partial charge in [0.1, 0.15) is 12.4 Å². The second-order valence-electron chi connectivity index (χ2n) is 6.42. The molecule has 6 heteroatoms. The highest BCUT2D eigenvalue weighted by molar-refractivity contribution is 7.98. The Morgan fingerprint density at radius 3 is 2.59 bits per heavy atom. The van der Waals surface area contributed by atoms with Gasteiger partial charge in [-0.3, -0.25) is 4.79 Å². The molecule has 0 radical (unpaired) electrons. The smallest absolute Gasteiger partial charge is 0.251 e. The van der Waals surface area contributed by atoms with Crippen LogP contribution in [-0.2, 0) is 5.75 Å². The number of nitrogens with zero attached hydrogens (tertiary/aromatic N) is 1. The van der Waals surface area contributed by atoms with E-state index in [4.69, 9.17) is 4.74 Å². The number of aromatic amines is 1. The van der Waals surface area contributed by atoms with Crippen molar-refractivity contribution in [1.82, 2.24) is 15.3 Å². The van der Waals surface area contributed by atoms with Gasteiger partial charge in [-0.2, -0.15) is 0 Å². The summed E-state index contributed by atoms with van der Waals surface area (Å²) in [5.41, 5.74) is 3.61. The van der Waals surface area contributed by atoms with Gasteiger partial charge in [-0.1, -0.05) is 60.3 Å². The lowest BCUT2D eigenvalue weighted by molar-refractivity contribution is 0.0946. The summed E-state index contributed by atoms with van der Waals surface area (Å²) in [6.45, 7) is 0.866. The Labute approximate surface area is 173 Å². The molecule has 0 aliphatic carbocycles. The molecular formula is C23H21N3O2S. The van der Waals surface area contributed by atoms with Crippen LogP contribution in [0, 0.1) is 0 Å². The van der Waals surface area contributed by atoms with Crippen LogP contribution in [0.5, 0.6) is 5.75 Å². The summed E-state index contributed by atoms with van der Waals surface area (Å²) < 4.78 is 5.63. The van der Waals surface area contributed by atoms with E-state index < -0.39 is 0 Å². The number of amides is 1. The SMILES string of the molecule is O=C(NCCOc1ccccc1)c1ccccc1CSc1nc2ccccc2[nH]1. The summed E-state index contributed by atoms with van der Waals surface area (Å²) in [6.07, 6.45) is 0. The number of para-hydroxylation sites is 3. The fraction of sp³-hybridized carbons (Fsp3) is 0.130. The normalized spacial score (nSPS) is 10.8. The fourth-order valence-electron chi connectivity index (χ4n) is 2.96. The molecule has 0 saturated carbocycles. The topological polar surface area (TPSA) is 67.0 Å². The van der Waals surface area contributed by atoms with Gasteiger partial charge in [0, 0.05) is 11.3 Å². The maximum absolute atomic E-state index is 12.6. The molecule has 0 saturated heterocycles. The molecule has 0 spiro atoms. The molecule has 0 bridgehead atoms. The van der Waals surface area contributed by atoms with Crippen molar-refractivity contribution in [2.24, 2.45) is 0 Å². The third-order valence-electron chi connectivity index (χ3n) is 4.39. The molecule has 0 aliphatic rings. The molecule has 0 fully saturated rings. The minimum absolute atomic E-state index is 0.0949. The fourth-order valence-corrected chi connectivity index (χ4v) is 3.85. The molecule has 146 valence electrons. The van der Waals surface area contributed by atoms with Crippen LogP contribution in [0.1, 0.15) is 15.9 Å². The summed E-state index contributed by atoms with van der Waals surface area (Å²) in [5.74, 6) is 1.36. The summed E-state index contributed by atoms with van der Waals surface area (Å²) >= 11 is 1.59. The number of rotatable bonds is 8. The molecule has 2 N–H and O–H groups in total. The maximum atomic E-state index is 12.6. The van der Waals surface area contributed by atoms with Crippen molar-refractivity contribution in [1.29, 1.82) is 0 Å². The predicted molar refractivity (Wildman–Crippen MR) is 116 cm³/mol. The minimum Gasteiger partial charge on any atom is -0.492 e. The van der Waals surface area contributed by atoms with E-state index in [1.165, 1.54) is 0 Å². The average molecular weight is 404 g/mol. The van der Waals surface area contributed by atoms with Crippen molar-refractivity contribution < 1.29 is 9.53 Å². The second kappa shape index (κ2) is 9.30. The molecular weight excluding hydrogens is 382 g/mol. The Balaban J connectivity index is 1.33. The van der Waals surface area contributed by atoms with Crippen molar-refractivity contribution in [3.8, 4) is 5.75 Å². The van der Waals surface area contributed by atoms with Crippen LogP contribution >= 0.6 is 11.8 Å². The van der Waals surface area contributed by atoms with Gasteiger partial charge in [0.15, 0.2) is 5.16 Å². The quantitative estimate of drug-likeness (QED) is 0.332. The van der Waals surface area contributed by atoms with E-state index >= 15 is 0 Å². The van der Waals surface area contributed by atoms with E-state index in [1.54, 1.807) is 11.8 Å². The molecule has 5 nitrogen and oxygen atoms in total. The van der Waals surface area contributed by atoms with Gasteiger partial charge in [0.25, 0.3) is 5.91 Å². The van der Waals surface area contributed by atoms with Gasteiger partial charge in [0.05, 0.1) is 17.6 Å². The minimum atomic E-state index is -0.0949. The first kappa shape index (κ1) is 19.1. The molecule has 0 aliphatic heterocycles. The number of ether oxygens (including phenoxy) is 1. The zero-order chi connectivity index (χ0) is 19.9. The van der Waals surface area contributed by atoms with Gasteiger partial charge in [0.2, 0.25) is 0 Å². The Kier molecular flexibility index (Phi) is 6.12. The number of imidazole rings is 1. The van der Waals surface area contributed by atoms with Crippen molar-refractivity contribution in [2.75, 3.05) is 13.2 Å². The van der Waals surface area contributed by atoms with Crippen molar-refractivity contribution in [3.05, 3.63) is 90.0 Å². The third-order valence-corrected chi connectivity index (χ3v) is 5.32. The maximum Gasteiger partial charge on any atom is 0.251 e. The number of benzene rings is 3. The number of H-pyrrole nitrogens is 1. The summed E-state index contributed by atoms with van der Waals surface area (Å²) in [5, 5.41) is 3.78. The molecule has 1 amide bonds. The molecule has 29 heavy (non-hydrogen) atoms. The van der Waals surface area contributed by atoms with Crippen LogP contribution in [0.3, 0.4) is 0 Å². The number of hydrogen-bond donors (Lipinski definition) is 2.